The lowest BCUT2D eigenvalue weighted by atomic mass is 9.93. The van der Waals surface area contributed by atoms with Gasteiger partial charge in [0.1, 0.15) is 0 Å². The van der Waals surface area contributed by atoms with E-state index in [-0.39, 0.29) is 0 Å². The van der Waals surface area contributed by atoms with E-state index in [0.29, 0.717) is 17.1 Å². The van der Waals surface area contributed by atoms with Gasteiger partial charge >= 0.3 is 0 Å². The Morgan fingerprint density at radius 3 is 1.29 bits per heavy atom. The Morgan fingerprint density at radius 1 is 0.524 bits per heavy atom. The summed E-state index contributed by atoms with van der Waals surface area (Å²) in [6.45, 7) is 0. The third kappa shape index (κ3) is 2.30. The molecule has 0 bridgehead atoms. The molecule has 21 heavy (non-hydrogen) atoms. The first-order valence-corrected chi connectivity index (χ1v) is 6.76. The lowest BCUT2D eigenvalue weighted by Gasteiger charge is -2.17. The molecule has 0 atom stereocenters. The first-order chi connectivity index (χ1) is 10.2. The summed E-state index contributed by atoms with van der Waals surface area (Å²) >= 11 is 0. The normalized spacial score (nSPS) is 10.5. The highest BCUT2D eigenvalue weighted by molar-refractivity contribution is 6.00. The Labute approximate surface area is 124 Å². The van der Waals surface area contributed by atoms with E-state index in [1.165, 1.54) is 0 Å². The average molecular weight is 275 g/mol. The van der Waals surface area contributed by atoms with Crippen LogP contribution in [0.25, 0.3) is 22.3 Å². The van der Waals surface area contributed by atoms with Crippen molar-refractivity contribution in [2.75, 3.05) is 17.2 Å². The van der Waals surface area contributed by atoms with Crippen molar-refractivity contribution in [3.05, 3.63) is 66.7 Å². The van der Waals surface area contributed by atoms with Gasteiger partial charge in [0, 0.05) is 22.5 Å². The first kappa shape index (κ1) is 13.1. The van der Waals surface area contributed by atoms with E-state index in [2.05, 4.69) is 0 Å². The number of rotatable bonds is 2. The van der Waals surface area contributed by atoms with Gasteiger partial charge in [-0.2, -0.15) is 0 Å². The SMILES string of the molecule is Nc1cc(N)c(-c2ccccc2)c(N)c1-c1ccccc1. The molecule has 0 aliphatic rings. The Bertz CT molecular complexity index is 702. The van der Waals surface area contributed by atoms with E-state index < -0.39 is 0 Å². The summed E-state index contributed by atoms with van der Waals surface area (Å²) in [5.74, 6) is 0. The van der Waals surface area contributed by atoms with Gasteiger partial charge in [-0.05, 0) is 17.2 Å². The van der Waals surface area contributed by atoms with Gasteiger partial charge in [-0.3, -0.25) is 0 Å². The predicted octanol–water partition coefficient (Wildman–Crippen LogP) is 3.77. The molecule has 6 N–H and O–H groups in total. The fourth-order valence-electron chi connectivity index (χ4n) is 2.60. The molecule has 3 aromatic carbocycles. The molecular weight excluding hydrogens is 258 g/mol. The Hall–Kier alpha value is -2.94. The van der Waals surface area contributed by atoms with Crippen LogP contribution in [0.2, 0.25) is 0 Å². The number of nitrogens with two attached hydrogens (primary N) is 3. The van der Waals surface area contributed by atoms with Crippen molar-refractivity contribution in [3.8, 4) is 22.3 Å². The summed E-state index contributed by atoms with van der Waals surface area (Å²) in [4.78, 5) is 0. The maximum absolute atomic E-state index is 6.39. The van der Waals surface area contributed by atoms with E-state index in [4.69, 9.17) is 17.2 Å². The smallest absolute Gasteiger partial charge is 0.0515 e. The molecule has 3 heteroatoms. The van der Waals surface area contributed by atoms with Crippen molar-refractivity contribution in [2.24, 2.45) is 0 Å². The van der Waals surface area contributed by atoms with Gasteiger partial charge in [0.05, 0.1) is 5.69 Å². The molecule has 0 amide bonds. The summed E-state index contributed by atoms with van der Waals surface area (Å²) in [6.07, 6.45) is 0. The fourth-order valence-corrected chi connectivity index (χ4v) is 2.60. The second-order valence-corrected chi connectivity index (χ2v) is 4.95. The molecule has 0 saturated carbocycles. The third-order valence-corrected chi connectivity index (χ3v) is 3.55. The minimum absolute atomic E-state index is 0.593. The molecule has 0 unspecified atom stereocenters. The molecular formula is C18H17N3. The van der Waals surface area contributed by atoms with Crippen LogP contribution in [0.4, 0.5) is 17.1 Å². The molecule has 3 nitrogen and oxygen atoms in total. The van der Waals surface area contributed by atoms with Crippen LogP contribution in [0, 0.1) is 0 Å². The van der Waals surface area contributed by atoms with Crippen molar-refractivity contribution < 1.29 is 0 Å². The van der Waals surface area contributed by atoms with Crippen LogP contribution in [0.5, 0.6) is 0 Å². The average Bonchev–Trinajstić information content (AvgIpc) is 2.49. The zero-order valence-electron chi connectivity index (χ0n) is 11.6. The van der Waals surface area contributed by atoms with E-state index >= 15 is 0 Å². The highest BCUT2D eigenvalue weighted by Gasteiger charge is 2.15. The van der Waals surface area contributed by atoms with Gasteiger partial charge in [-0.25, -0.2) is 0 Å². The van der Waals surface area contributed by atoms with Crippen LogP contribution < -0.4 is 17.2 Å². The fraction of sp³-hybridized carbons (Fsp3) is 0. The second kappa shape index (κ2) is 5.21. The van der Waals surface area contributed by atoms with Crippen molar-refractivity contribution in [1.82, 2.24) is 0 Å². The summed E-state index contributed by atoms with van der Waals surface area (Å²) < 4.78 is 0. The predicted molar refractivity (Wildman–Crippen MR) is 90.6 cm³/mol. The summed E-state index contributed by atoms with van der Waals surface area (Å²) in [7, 11) is 0. The molecule has 0 heterocycles. The topological polar surface area (TPSA) is 78.1 Å². The highest BCUT2D eigenvalue weighted by atomic mass is 14.7. The standard InChI is InChI=1S/C18H17N3/c19-14-11-15(20)17(13-9-5-2-6-10-13)18(21)16(14)12-7-3-1-4-8-12/h1-11H,19-21H2. The Morgan fingerprint density at radius 2 is 0.905 bits per heavy atom. The molecule has 0 aromatic heterocycles. The van der Waals surface area contributed by atoms with Crippen LogP contribution in [-0.4, -0.2) is 0 Å². The highest BCUT2D eigenvalue weighted by Crippen LogP contribution is 2.42. The zero-order chi connectivity index (χ0) is 14.8. The van der Waals surface area contributed by atoms with Gasteiger partial charge in [0.25, 0.3) is 0 Å². The molecule has 0 spiro atoms. The first-order valence-electron chi connectivity index (χ1n) is 6.76. The summed E-state index contributed by atoms with van der Waals surface area (Å²) in [6, 6.07) is 21.5. The maximum Gasteiger partial charge on any atom is 0.0515 e. The summed E-state index contributed by atoms with van der Waals surface area (Å²) in [5.41, 5.74) is 24.1. The van der Waals surface area contributed by atoms with Crippen LogP contribution in [0.3, 0.4) is 0 Å². The van der Waals surface area contributed by atoms with Gasteiger partial charge in [-0.1, -0.05) is 60.7 Å². The molecule has 0 saturated heterocycles. The molecule has 0 radical (unpaired) electrons. The van der Waals surface area contributed by atoms with Gasteiger partial charge in [-0.15, -0.1) is 0 Å². The van der Waals surface area contributed by atoms with Crippen LogP contribution >= 0.6 is 0 Å². The number of anilines is 3. The molecule has 104 valence electrons. The van der Waals surface area contributed by atoms with Crippen molar-refractivity contribution >= 4 is 17.1 Å². The zero-order valence-corrected chi connectivity index (χ0v) is 11.6. The number of benzene rings is 3. The molecule has 3 rings (SSSR count). The Kier molecular flexibility index (Phi) is 3.24. The summed E-state index contributed by atoms with van der Waals surface area (Å²) in [5, 5.41) is 0. The number of hydrogen-bond donors (Lipinski definition) is 3. The van der Waals surface area contributed by atoms with E-state index in [1.807, 2.05) is 60.7 Å². The molecule has 3 aromatic rings. The quantitative estimate of drug-likeness (QED) is 0.623. The lowest BCUT2D eigenvalue weighted by molar-refractivity contribution is 1.57. The number of hydrogen-bond acceptors (Lipinski definition) is 3. The lowest BCUT2D eigenvalue weighted by Crippen LogP contribution is -2.03. The van der Waals surface area contributed by atoms with Crippen LogP contribution in [0.1, 0.15) is 0 Å². The van der Waals surface area contributed by atoms with Gasteiger partial charge in [0.2, 0.25) is 0 Å². The van der Waals surface area contributed by atoms with Gasteiger partial charge in [0.15, 0.2) is 0 Å². The molecule has 0 fully saturated rings. The van der Waals surface area contributed by atoms with Gasteiger partial charge < -0.3 is 17.2 Å². The minimum Gasteiger partial charge on any atom is -0.398 e. The van der Waals surface area contributed by atoms with E-state index in [9.17, 15) is 0 Å². The largest absolute Gasteiger partial charge is 0.398 e. The monoisotopic (exact) mass is 275 g/mol. The molecule has 0 aliphatic carbocycles. The molecule has 0 aliphatic heterocycles. The number of nitrogen functional groups attached to an aromatic ring is 3. The van der Waals surface area contributed by atoms with Crippen molar-refractivity contribution in [3.63, 3.8) is 0 Å². The van der Waals surface area contributed by atoms with Crippen molar-refractivity contribution in [1.29, 1.82) is 0 Å². The second-order valence-electron chi connectivity index (χ2n) is 4.95. The van der Waals surface area contributed by atoms with E-state index in [1.54, 1.807) is 6.07 Å². The van der Waals surface area contributed by atoms with Crippen LogP contribution in [-0.2, 0) is 0 Å². The van der Waals surface area contributed by atoms with Crippen LogP contribution in [0.15, 0.2) is 66.7 Å². The Balaban J connectivity index is 2.29. The third-order valence-electron chi connectivity index (χ3n) is 3.55. The van der Waals surface area contributed by atoms with Crippen molar-refractivity contribution in [2.45, 2.75) is 0 Å². The minimum atomic E-state index is 0.593. The van der Waals surface area contributed by atoms with E-state index in [0.717, 1.165) is 22.3 Å². The maximum atomic E-state index is 6.39.